The number of anilines is 1. The van der Waals surface area contributed by atoms with Gasteiger partial charge in [-0.15, -0.1) is 0 Å². The molecule has 0 saturated heterocycles. The van der Waals surface area contributed by atoms with Gasteiger partial charge < -0.3 is 15.4 Å². The topological polar surface area (TPSA) is 89.9 Å². The average molecular weight is 300 g/mol. The van der Waals surface area contributed by atoms with Crippen molar-refractivity contribution in [3.63, 3.8) is 0 Å². The third kappa shape index (κ3) is 2.39. The van der Waals surface area contributed by atoms with E-state index >= 15 is 0 Å². The zero-order valence-electron chi connectivity index (χ0n) is 9.68. The Hall–Kier alpha value is -1.21. The lowest BCUT2D eigenvalue weighted by Crippen LogP contribution is -2.07. The molecule has 0 spiro atoms. The molecule has 0 bridgehead atoms. The van der Waals surface area contributed by atoms with Crippen molar-refractivity contribution in [3.8, 4) is 0 Å². The smallest absolute Gasteiger partial charge is 0.179 e. The van der Waals surface area contributed by atoms with Crippen LogP contribution in [0.25, 0.3) is 11.2 Å². The molecule has 0 saturated carbocycles. The number of aryl methyl sites for hydroxylation is 2. The van der Waals surface area contributed by atoms with Gasteiger partial charge in [0.1, 0.15) is 5.82 Å². The fourth-order valence-corrected chi connectivity index (χ4v) is 1.90. The molecule has 1 atom stereocenters. The molecule has 0 amide bonds. The first kappa shape index (κ1) is 12.3. The van der Waals surface area contributed by atoms with Crippen LogP contribution in [-0.2, 0) is 13.5 Å². The molecule has 7 heteroatoms. The monoisotopic (exact) mass is 299 g/mol. The Morgan fingerprint density at radius 1 is 1.41 bits per heavy atom. The van der Waals surface area contributed by atoms with Crippen molar-refractivity contribution < 1.29 is 5.11 Å². The lowest BCUT2D eigenvalue weighted by molar-refractivity contribution is 0.184. The Kier molecular flexibility index (Phi) is 3.30. The Balaban J connectivity index is 2.43. The number of halogens is 1. The third-order valence-corrected chi connectivity index (χ3v) is 3.23. The van der Waals surface area contributed by atoms with Crippen molar-refractivity contribution in [2.45, 2.75) is 25.9 Å². The minimum absolute atomic E-state index is 0.367. The fourth-order valence-electron chi connectivity index (χ4n) is 1.55. The van der Waals surface area contributed by atoms with Gasteiger partial charge in [0.05, 0.1) is 6.10 Å². The maximum absolute atomic E-state index is 9.24. The first-order valence-electron chi connectivity index (χ1n) is 5.31. The molecular weight excluding hydrogens is 286 g/mol. The van der Waals surface area contributed by atoms with Crippen molar-refractivity contribution in [1.29, 1.82) is 0 Å². The SMILES string of the molecule is CC(O)CCc1nc(N)c2nc(Br)n(C)c2n1. The lowest BCUT2D eigenvalue weighted by atomic mass is 10.2. The molecule has 1 unspecified atom stereocenters. The number of fused-ring (bicyclic) bond motifs is 1. The van der Waals surface area contributed by atoms with E-state index in [-0.39, 0.29) is 6.10 Å². The van der Waals surface area contributed by atoms with Crippen LogP contribution >= 0.6 is 15.9 Å². The number of rotatable bonds is 3. The summed E-state index contributed by atoms with van der Waals surface area (Å²) in [6, 6.07) is 0. The minimum Gasteiger partial charge on any atom is -0.393 e. The van der Waals surface area contributed by atoms with Crippen molar-refractivity contribution in [2.75, 3.05) is 5.73 Å². The van der Waals surface area contributed by atoms with Gasteiger partial charge in [-0.25, -0.2) is 15.0 Å². The zero-order valence-corrected chi connectivity index (χ0v) is 11.3. The summed E-state index contributed by atoms with van der Waals surface area (Å²) in [5, 5.41) is 9.24. The Morgan fingerprint density at radius 3 is 2.76 bits per heavy atom. The molecular formula is C10H14BrN5O. The molecule has 92 valence electrons. The highest BCUT2D eigenvalue weighted by molar-refractivity contribution is 9.10. The minimum atomic E-state index is -0.367. The van der Waals surface area contributed by atoms with Gasteiger partial charge in [-0.05, 0) is 29.3 Å². The van der Waals surface area contributed by atoms with Crippen LogP contribution in [0.4, 0.5) is 5.82 Å². The van der Waals surface area contributed by atoms with Gasteiger partial charge in [0, 0.05) is 13.5 Å². The van der Waals surface area contributed by atoms with Crippen LogP contribution in [0.3, 0.4) is 0 Å². The van der Waals surface area contributed by atoms with E-state index in [0.29, 0.717) is 40.4 Å². The predicted molar refractivity (Wildman–Crippen MR) is 68.4 cm³/mol. The lowest BCUT2D eigenvalue weighted by Gasteiger charge is -2.04. The summed E-state index contributed by atoms with van der Waals surface area (Å²) in [4.78, 5) is 12.8. The number of nitrogen functional groups attached to an aromatic ring is 1. The van der Waals surface area contributed by atoms with Crippen LogP contribution in [0.5, 0.6) is 0 Å². The highest BCUT2D eigenvalue weighted by atomic mass is 79.9. The first-order chi connectivity index (χ1) is 7.99. The molecule has 0 aromatic carbocycles. The maximum Gasteiger partial charge on any atom is 0.179 e. The second-order valence-corrected chi connectivity index (χ2v) is 4.73. The molecule has 0 aliphatic rings. The summed E-state index contributed by atoms with van der Waals surface area (Å²) >= 11 is 3.32. The van der Waals surface area contributed by atoms with Gasteiger partial charge in [-0.2, -0.15) is 0 Å². The summed E-state index contributed by atoms with van der Waals surface area (Å²) in [5.41, 5.74) is 7.13. The van der Waals surface area contributed by atoms with Crippen LogP contribution in [0.15, 0.2) is 4.73 Å². The highest BCUT2D eigenvalue weighted by Crippen LogP contribution is 2.21. The summed E-state index contributed by atoms with van der Waals surface area (Å²) in [6.07, 6.45) is 0.846. The van der Waals surface area contributed by atoms with Gasteiger partial charge in [-0.1, -0.05) is 0 Å². The van der Waals surface area contributed by atoms with Crippen LogP contribution in [0.1, 0.15) is 19.2 Å². The molecule has 3 N–H and O–H groups in total. The largest absolute Gasteiger partial charge is 0.393 e. The van der Waals surface area contributed by atoms with Crippen molar-refractivity contribution in [1.82, 2.24) is 19.5 Å². The maximum atomic E-state index is 9.24. The van der Waals surface area contributed by atoms with Gasteiger partial charge >= 0.3 is 0 Å². The number of hydrogen-bond donors (Lipinski definition) is 2. The summed E-state index contributed by atoms with van der Waals surface area (Å²) in [6.45, 7) is 1.74. The van der Waals surface area contributed by atoms with E-state index in [1.165, 1.54) is 0 Å². The first-order valence-corrected chi connectivity index (χ1v) is 6.10. The number of aliphatic hydroxyl groups is 1. The van der Waals surface area contributed by atoms with E-state index in [4.69, 9.17) is 5.73 Å². The molecule has 6 nitrogen and oxygen atoms in total. The number of imidazole rings is 1. The van der Waals surface area contributed by atoms with Gasteiger partial charge in [0.2, 0.25) is 0 Å². The average Bonchev–Trinajstić information content (AvgIpc) is 2.54. The summed E-state index contributed by atoms with van der Waals surface area (Å²) in [7, 11) is 1.85. The van der Waals surface area contributed by atoms with E-state index < -0.39 is 0 Å². The molecule has 0 fully saturated rings. The van der Waals surface area contributed by atoms with E-state index in [2.05, 4.69) is 30.9 Å². The molecule has 0 aliphatic heterocycles. The van der Waals surface area contributed by atoms with Gasteiger partial charge in [0.15, 0.2) is 21.7 Å². The second-order valence-electron chi connectivity index (χ2n) is 4.02. The fraction of sp³-hybridized carbons (Fsp3) is 0.500. The van der Waals surface area contributed by atoms with Gasteiger partial charge in [0.25, 0.3) is 0 Å². The van der Waals surface area contributed by atoms with E-state index in [1.54, 1.807) is 11.5 Å². The molecule has 2 aromatic rings. The number of nitrogens with zero attached hydrogens (tertiary/aromatic N) is 4. The standard InChI is InChI=1S/C10H14BrN5O/c1-5(17)3-4-6-13-8(12)7-9(14-6)16(2)10(11)15-7/h5,17H,3-4H2,1-2H3,(H2,12,13,14). The zero-order chi connectivity index (χ0) is 12.6. The van der Waals surface area contributed by atoms with E-state index in [0.717, 1.165) is 0 Å². The molecule has 17 heavy (non-hydrogen) atoms. The predicted octanol–water partition coefficient (Wildman–Crippen LogP) is 1.02. The number of hydrogen-bond acceptors (Lipinski definition) is 5. The van der Waals surface area contributed by atoms with Crippen LogP contribution in [0.2, 0.25) is 0 Å². The van der Waals surface area contributed by atoms with Crippen LogP contribution < -0.4 is 5.73 Å². The molecule has 2 rings (SSSR count). The number of nitrogens with two attached hydrogens (primary N) is 1. The molecule has 0 aliphatic carbocycles. The van der Waals surface area contributed by atoms with Gasteiger partial charge in [-0.3, -0.25) is 0 Å². The van der Waals surface area contributed by atoms with Crippen molar-refractivity contribution in [3.05, 3.63) is 10.6 Å². The summed E-state index contributed by atoms with van der Waals surface area (Å²) in [5.74, 6) is 1.00. The van der Waals surface area contributed by atoms with E-state index in [1.807, 2.05) is 7.05 Å². The van der Waals surface area contributed by atoms with Crippen molar-refractivity contribution >= 4 is 32.9 Å². The Morgan fingerprint density at radius 2 is 2.12 bits per heavy atom. The second kappa shape index (κ2) is 4.58. The summed E-state index contributed by atoms with van der Waals surface area (Å²) < 4.78 is 2.47. The Bertz CT molecular complexity index is 551. The van der Waals surface area contributed by atoms with Crippen LogP contribution in [0, 0.1) is 0 Å². The highest BCUT2D eigenvalue weighted by Gasteiger charge is 2.13. The number of aromatic nitrogens is 4. The molecule has 0 radical (unpaired) electrons. The Labute approximate surface area is 107 Å². The quantitative estimate of drug-likeness (QED) is 0.826. The third-order valence-electron chi connectivity index (χ3n) is 2.52. The van der Waals surface area contributed by atoms with Crippen molar-refractivity contribution in [2.24, 2.45) is 7.05 Å². The normalized spacial score (nSPS) is 13.2. The number of aliphatic hydroxyl groups excluding tert-OH is 1. The molecule has 2 aromatic heterocycles. The van der Waals surface area contributed by atoms with E-state index in [9.17, 15) is 5.11 Å². The van der Waals surface area contributed by atoms with Crippen LogP contribution in [-0.4, -0.2) is 30.7 Å². The molecule has 2 heterocycles.